The van der Waals surface area contributed by atoms with Crippen LogP contribution in [0.1, 0.15) is 19.3 Å². The molecular weight excluding hydrogens is 198 g/mol. The lowest BCUT2D eigenvalue weighted by atomic mass is 9.65. The Bertz CT molecular complexity index is 366. The monoisotopic (exact) mass is 213 g/mol. The van der Waals surface area contributed by atoms with Crippen molar-refractivity contribution < 1.29 is 0 Å². The quantitative estimate of drug-likeness (QED) is 0.623. The molecule has 0 spiro atoms. The van der Waals surface area contributed by atoms with Crippen molar-refractivity contribution in [3.8, 4) is 12.1 Å². The molecule has 3 heteroatoms. The number of hydrogen-bond acceptors (Lipinski definition) is 3. The summed E-state index contributed by atoms with van der Waals surface area (Å²) < 4.78 is 0. The van der Waals surface area contributed by atoms with Gasteiger partial charge < -0.3 is 0 Å². The molecule has 1 saturated carbocycles. The van der Waals surface area contributed by atoms with Crippen molar-refractivity contribution in [3.05, 3.63) is 11.6 Å². The highest BCUT2D eigenvalue weighted by Crippen LogP contribution is 2.46. The molecule has 16 heavy (non-hydrogen) atoms. The van der Waals surface area contributed by atoms with Crippen molar-refractivity contribution in [2.75, 3.05) is 13.1 Å². The average Bonchev–Trinajstić information content (AvgIpc) is 2.28. The van der Waals surface area contributed by atoms with Crippen LogP contribution in [-0.4, -0.2) is 24.0 Å². The first-order valence-electron chi connectivity index (χ1n) is 6.06. The summed E-state index contributed by atoms with van der Waals surface area (Å²) in [6.07, 6.45) is 5.92. The molecule has 0 aromatic heterocycles. The molecule has 0 amide bonds. The largest absolute Gasteiger partial charge is 0.296 e. The Kier molecular flexibility index (Phi) is 2.23. The number of hydrogen-bond donors (Lipinski definition) is 0. The van der Waals surface area contributed by atoms with Gasteiger partial charge in [0.15, 0.2) is 0 Å². The van der Waals surface area contributed by atoms with Gasteiger partial charge in [0, 0.05) is 19.1 Å². The van der Waals surface area contributed by atoms with E-state index in [2.05, 4.69) is 4.90 Å². The third kappa shape index (κ3) is 1.44. The van der Waals surface area contributed by atoms with E-state index in [1.807, 2.05) is 18.2 Å². The maximum Gasteiger partial charge on any atom is 0.127 e. The van der Waals surface area contributed by atoms with E-state index in [0.717, 1.165) is 11.8 Å². The summed E-state index contributed by atoms with van der Waals surface area (Å²) in [5.41, 5.74) is 0.289. The zero-order chi connectivity index (χ0) is 11.1. The molecular formula is C13H15N3. The second-order valence-corrected chi connectivity index (χ2v) is 5.45. The Morgan fingerprint density at radius 3 is 2.19 bits per heavy atom. The Morgan fingerprint density at radius 1 is 1.06 bits per heavy atom. The van der Waals surface area contributed by atoms with Crippen LogP contribution in [0.25, 0.3) is 0 Å². The molecule has 82 valence electrons. The van der Waals surface area contributed by atoms with Gasteiger partial charge in [0.25, 0.3) is 0 Å². The molecule has 4 bridgehead atoms. The van der Waals surface area contributed by atoms with Crippen molar-refractivity contribution >= 4 is 0 Å². The summed E-state index contributed by atoms with van der Waals surface area (Å²) in [5.74, 6) is 2.47. The predicted octanol–water partition coefficient (Wildman–Crippen LogP) is 1.69. The van der Waals surface area contributed by atoms with Crippen molar-refractivity contribution in [1.29, 1.82) is 10.5 Å². The highest BCUT2D eigenvalue weighted by Gasteiger charge is 2.46. The lowest BCUT2D eigenvalue weighted by Gasteiger charge is -2.55. The molecule has 0 aromatic rings. The van der Waals surface area contributed by atoms with E-state index in [-0.39, 0.29) is 5.57 Å². The van der Waals surface area contributed by atoms with Gasteiger partial charge >= 0.3 is 0 Å². The van der Waals surface area contributed by atoms with Crippen LogP contribution in [0.5, 0.6) is 0 Å². The van der Waals surface area contributed by atoms with Crippen molar-refractivity contribution in [3.63, 3.8) is 0 Å². The molecule has 3 aliphatic heterocycles. The topological polar surface area (TPSA) is 50.8 Å². The Hall–Kier alpha value is -1.32. The van der Waals surface area contributed by atoms with Crippen molar-refractivity contribution in [1.82, 2.24) is 4.90 Å². The lowest BCUT2D eigenvalue weighted by molar-refractivity contribution is -0.0466. The van der Waals surface area contributed by atoms with Crippen LogP contribution < -0.4 is 0 Å². The van der Waals surface area contributed by atoms with E-state index in [4.69, 9.17) is 10.5 Å². The third-order valence-electron chi connectivity index (χ3n) is 4.41. The SMILES string of the molecule is N#CC(C#N)=CC1C2CC3CC(C2)CN1C3. The van der Waals surface area contributed by atoms with E-state index in [1.165, 1.54) is 32.4 Å². The smallest absolute Gasteiger partial charge is 0.127 e. The molecule has 3 atom stereocenters. The number of nitriles is 2. The molecule has 3 unspecified atom stereocenters. The summed E-state index contributed by atoms with van der Waals surface area (Å²) in [6, 6.07) is 4.33. The van der Waals surface area contributed by atoms with E-state index < -0.39 is 0 Å². The molecule has 3 nitrogen and oxygen atoms in total. The number of allylic oxidation sites excluding steroid dienone is 1. The standard InChI is InChI=1S/C13H15N3/c14-5-11(6-15)4-13-12-2-9-1-10(3-12)8-16(13)7-9/h4,9-10,12-13H,1-3,7-8H2. The minimum atomic E-state index is 0.289. The molecule has 4 rings (SSSR count). The molecule has 0 N–H and O–H groups in total. The van der Waals surface area contributed by atoms with Crippen LogP contribution >= 0.6 is 0 Å². The van der Waals surface area contributed by atoms with Crippen LogP contribution in [0, 0.1) is 40.4 Å². The predicted molar refractivity (Wildman–Crippen MR) is 59.0 cm³/mol. The maximum absolute atomic E-state index is 8.82. The second kappa shape index (κ2) is 3.61. The lowest BCUT2D eigenvalue weighted by Crippen LogP contribution is -2.58. The van der Waals surface area contributed by atoms with E-state index in [0.29, 0.717) is 12.0 Å². The number of nitrogens with zero attached hydrogens (tertiary/aromatic N) is 3. The fourth-order valence-electron chi connectivity index (χ4n) is 3.98. The fourth-order valence-corrected chi connectivity index (χ4v) is 3.98. The Labute approximate surface area is 96.0 Å². The zero-order valence-electron chi connectivity index (χ0n) is 9.26. The number of rotatable bonds is 1. The van der Waals surface area contributed by atoms with Gasteiger partial charge in [0.2, 0.25) is 0 Å². The maximum atomic E-state index is 8.82. The van der Waals surface area contributed by atoms with Gasteiger partial charge in [-0.3, -0.25) is 4.90 Å². The van der Waals surface area contributed by atoms with Gasteiger partial charge in [-0.05, 0) is 43.1 Å². The molecule has 4 fully saturated rings. The summed E-state index contributed by atoms with van der Waals surface area (Å²) in [6.45, 7) is 2.36. The highest BCUT2D eigenvalue weighted by molar-refractivity contribution is 5.37. The van der Waals surface area contributed by atoms with Gasteiger partial charge in [0.1, 0.15) is 17.7 Å². The van der Waals surface area contributed by atoms with Crippen LogP contribution in [0.2, 0.25) is 0 Å². The molecule has 0 aromatic carbocycles. The summed E-state index contributed by atoms with van der Waals surface area (Å²) in [7, 11) is 0. The van der Waals surface area contributed by atoms with E-state index >= 15 is 0 Å². The van der Waals surface area contributed by atoms with Gasteiger partial charge in [-0.2, -0.15) is 10.5 Å². The second-order valence-electron chi connectivity index (χ2n) is 5.45. The Morgan fingerprint density at radius 2 is 1.69 bits per heavy atom. The minimum absolute atomic E-state index is 0.289. The van der Waals surface area contributed by atoms with Gasteiger partial charge in [-0.25, -0.2) is 0 Å². The first-order valence-corrected chi connectivity index (χ1v) is 6.06. The van der Waals surface area contributed by atoms with E-state index in [1.54, 1.807) is 0 Å². The minimum Gasteiger partial charge on any atom is -0.296 e. The van der Waals surface area contributed by atoms with Gasteiger partial charge in [0.05, 0.1) is 0 Å². The third-order valence-corrected chi connectivity index (χ3v) is 4.41. The Balaban J connectivity index is 1.85. The van der Waals surface area contributed by atoms with Crippen LogP contribution in [0.4, 0.5) is 0 Å². The van der Waals surface area contributed by atoms with E-state index in [9.17, 15) is 0 Å². The fraction of sp³-hybridized carbons (Fsp3) is 0.692. The summed E-state index contributed by atoms with van der Waals surface area (Å²) >= 11 is 0. The van der Waals surface area contributed by atoms with Crippen molar-refractivity contribution in [2.45, 2.75) is 25.3 Å². The molecule has 3 saturated heterocycles. The first kappa shape index (κ1) is 9.87. The first-order chi connectivity index (χ1) is 7.80. The highest BCUT2D eigenvalue weighted by atomic mass is 15.2. The van der Waals surface area contributed by atoms with Gasteiger partial charge in [-0.15, -0.1) is 0 Å². The van der Waals surface area contributed by atoms with Crippen LogP contribution in [0.3, 0.4) is 0 Å². The molecule has 0 radical (unpaired) electrons. The molecule has 3 heterocycles. The van der Waals surface area contributed by atoms with Gasteiger partial charge in [-0.1, -0.05) is 0 Å². The number of piperidine rings is 3. The summed E-state index contributed by atoms with van der Waals surface area (Å²) in [4.78, 5) is 2.49. The molecule has 1 aliphatic carbocycles. The average molecular weight is 213 g/mol. The van der Waals surface area contributed by atoms with Crippen LogP contribution in [0.15, 0.2) is 11.6 Å². The van der Waals surface area contributed by atoms with Crippen molar-refractivity contribution in [2.24, 2.45) is 17.8 Å². The molecule has 4 aliphatic rings. The normalized spacial score (nSPS) is 43.5. The zero-order valence-corrected chi connectivity index (χ0v) is 9.26. The summed E-state index contributed by atoms with van der Waals surface area (Å²) in [5, 5.41) is 17.6. The van der Waals surface area contributed by atoms with Crippen LogP contribution in [-0.2, 0) is 0 Å².